The van der Waals surface area contributed by atoms with Crippen LogP contribution >= 0.6 is 0 Å². The average molecular weight is 190 g/mol. The third kappa shape index (κ3) is 35.3. The lowest BCUT2D eigenvalue weighted by Crippen LogP contribution is -2.18. The lowest BCUT2D eigenvalue weighted by molar-refractivity contribution is -0.119. The number of ketones is 1. The van der Waals surface area contributed by atoms with Gasteiger partial charge in [0, 0.05) is 13.5 Å². The van der Waals surface area contributed by atoms with Crippen molar-refractivity contribution in [3.63, 3.8) is 0 Å². The van der Waals surface area contributed by atoms with Crippen molar-refractivity contribution in [3.8, 4) is 0 Å². The number of hydrogen-bond acceptors (Lipinski definition) is 3. The maximum atomic E-state index is 9.98. The van der Waals surface area contributed by atoms with E-state index < -0.39 is 0 Å². The highest BCUT2D eigenvalue weighted by molar-refractivity contribution is 5.77. The molecule has 4 nitrogen and oxygen atoms in total. The van der Waals surface area contributed by atoms with Crippen LogP contribution < -0.4 is 10.6 Å². The number of nitrogens with one attached hydrogen (secondary N) is 2. The monoisotopic (exact) mass is 190 g/mol. The van der Waals surface area contributed by atoms with E-state index in [2.05, 4.69) is 10.6 Å². The van der Waals surface area contributed by atoms with Crippen molar-refractivity contribution in [2.45, 2.75) is 28.2 Å². The number of likely N-dealkylation sites (N-methyl/N-ethyl adjacent to an activating group) is 1. The Morgan fingerprint density at radius 3 is 1.69 bits per heavy atom. The van der Waals surface area contributed by atoms with Gasteiger partial charge >= 0.3 is 0 Å². The summed E-state index contributed by atoms with van der Waals surface area (Å²) in [6, 6.07) is 0. The highest BCUT2D eigenvalue weighted by Crippen LogP contribution is 1.57. The van der Waals surface area contributed by atoms with Gasteiger partial charge in [0.05, 0.1) is 6.54 Å². The van der Waals surface area contributed by atoms with Crippen LogP contribution in [0.3, 0.4) is 0 Å². The Morgan fingerprint density at radius 2 is 1.69 bits per heavy atom. The van der Waals surface area contributed by atoms with Gasteiger partial charge in [0.2, 0.25) is 5.91 Å². The minimum Gasteiger partial charge on any atom is -0.357 e. The lowest BCUT2D eigenvalue weighted by Gasteiger charge is -1.88. The highest BCUT2D eigenvalue weighted by atomic mass is 16.1. The lowest BCUT2D eigenvalue weighted by atomic mass is 10.5. The quantitative estimate of drug-likeness (QED) is 0.684. The maximum absolute atomic E-state index is 9.98. The Hall–Kier alpha value is -0.900. The van der Waals surface area contributed by atoms with E-state index >= 15 is 0 Å². The number of Topliss-reactive ketones (excluding diaryl/α,β-unsaturated/α-hetero) is 1. The molecule has 0 heterocycles. The van der Waals surface area contributed by atoms with E-state index in [1.165, 1.54) is 6.92 Å². The molecule has 0 aliphatic carbocycles. The van der Waals surface area contributed by atoms with E-state index in [1.54, 1.807) is 14.0 Å². The van der Waals surface area contributed by atoms with Crippen LogP contribution in [0, 0.1) is 0 Å². The Bertz CT molecular complexity index is 120. The van der Waals surface area contributed by atoms with Crippen molar-refractivity contribution < 1.29 is 9.59 Å². The predicted octanol–water partition coefficient (Wildman–Crippen LogP) is 0.573. The van der Waals surface area contributed by atoms with Crippen molar-refractivity contribution in [2.75, 3.05) is 20.1 Å². The fourth-order valence-electron chi connectivity index (χ4n) is 0.498. The number of hydrogen-bond donors (Lipinski definition) is 2. The first-order valence-corrected chi connectivity index (χ1v) is 3.93. The molecular weight excluding hydrogens is 168 g/mol. The van der Waals surface area contributed by atoms with Crippen molar-refractivity contribution in [1.82, 2.24) is 10.6 Å². The van der Waals surface area contributed by atoms with Crippen molar-refractivity contribution >= 4 is 11.7 Å². The molecule has 0 radical (unpaired) electrons. The molecule has 0 aromatic heterocycles. The SMILES string of the molecule is C.CCNC(C)=O.CNCC(C)=O. The van der Waals surface area contributed by atoms with Gasteiger partial charge in [-0.25, -0.2) is 0 Å². The summed E-state index contributed by atoms with van der Waals surface area (Å²) in [7, 11) is 1.75. The van der Waals surface area contributed by atoms with Crippen LogP contribution in [-0.2, 0) is 9.59 Å². The second-order valence-electron chi connectivity index (χ2n) is 2.32. The Morgan fingerprint density at radius 1 is 1.23 bits per heavy atom. The van der Waals surface area contributed by atoms with E-state index in [-0.39, 0.29) is 19.1 Å². The molecule has 80 valence electrons. The first-order valence-electron chi connectivity index (χ1n) is 3.93. The van der Waals surface area contributed by atoms with Gasteiger partial charge in [-0.2, -0.15) is 0 Å². The van der Waals surface area contributed by atoms with Gasteiger partial charge in [-0.1, -0.05) is 7.43 Å². The average Bonchev–Trinajstić information content (AvgIpc) is 1.87. The van der Waals surface area contributed by atoms with E-state index in [1.807, 2.05) is 6.92 Å². The number of rotatable bonds is 3. The molecular formula is C9H22N2O2. The smallest absolute Gasteiger partial charge is 0.216 e. The first-order chi connectivity index (χ1) is 5.54. The number of carbonyl (C=O) groups excluding carboxylic acids is 2. The molecule has 0 saturated heterocycles. The summed E-state index contributed by atoms with van der Waals surface area (Å²) in [6.07, 6.45) is 0. The molecule has 1 amide bonds. The van der Waals surface area contributed by atoms with Crippen LogP contribution in [0.2, 0.25) is 0 Å². The van der Waals surface area contributed by atoms with Gasteiger partial charge in [0.1, 0.15) is 5.78 Å². The predicted molar refractivity (Wildman–Crippen MR) is 55.7 cm³/mol. The van der Waals surface area contributed by atoms with E-state index in [4.69, 9.17) is 0 Å². The summed E-state index contributed by atoms with van der Waals surface area (Å²) >= 11 is 0. The molecule has 0 aliphatic rings. The molecule has 2 N–H and O–H groups in total. The zero-order valence-corrected chi connectivity index (χ0v) is 8.23. The van der Waals surface area contributed by atoms with Crippen LogP contribution in [0.1, 0.15) is 28.2 Å². The van der Waals surface area contributed by atoms with Gasteiger partial charge in [0.25, 0.3) is 0 Å². The molecule has 4 heteroatoms. The molecule has 0 saturated carbocycles. The number of carbonyl (C=O) groups is 2. The Balaban J connectivity index is -0.000000143. The largest absolute Gasteiger partial charge is 0.357 e. The molecule has 0 fully saturated rings. The van der Waals surface area contributed by atoms with Crippen LogP contribution in [0.4, 0.5) is 0 Å². The molecule has 0 spiro atoms. The third-order valence-electron chi connectivity index (χ3n) is 0.851. The Labute approximate surface area is 81.1 Å². The molecule has 13 heavy (non-hydrogen) atoms. The summed E-state index contributed by atoms with van der Waals surface area (Å²) < 4.78 is 0. The molecule has 0 aliphatic heterocycles. The summed E-state index contributed by atoms with van der Waals surface area (Å²) in [5.74, 6) is 0.218. The van der Waals surface area contributed by atoms with Crippen molar-refractivity contribution in [2.24, 2.45) is 0 Å². The van der Waals surface area contributed by atoms with Crippen LogP contribution in [0.15, 0.2) is 0 Å². The van der Waals surface area contributed by atoms with Crippen LogP contribution in [-0.4, -0.2) is 31.8 Å². The zero-order chi connectivity index (χ0) is 9.98. The molecule has 0 bridgehead atoms. The fourth-order valence-corrected chi connectivity index (χ4v) is 0.498. The molecule has 0 unspecified atom stereocenters. The summed E-state index contributed by atoms with van der Waals surface area (Å²) in [4.78, 5) is 19.9. The summed E-state index contributed by atoms with van der Waals surface area (Å²) in [5.41, 5.74) is 0. The highest BCUT2D eigenvalue weighted by Gasteiger charge is 1.82. The van der Waals surface area contributed by atoms with E-state index in [9.17, 15) is 9.59 Å². The van der Waals surface area contributed by atoms with Crippen LogP contribution in [0.25, 0.3) is 0 Å². The second-order valence-corrected chi connectivity index (χ2v) is 2.32. The number of amides is 1. The molecule has 0 aromatic rings. The normalized spacial score (nSPS) is 7.38. The molecule has 0 rings (SSSR count). The van der Waals surface area contributed by atoms with Gasteiger partial charge in [-0.05, 0) is 20.9 Å². The molecule has 0 atom stereocenters. The third-order valence-corrected chi connectivity index (χ3v) is 0.851. The van der Waals surface area contributed by atoms with Gasteiger partial charge < -0.3 is 10.6 Å². The van der Waals surface area contributed by atoms with Gasteiger partial charge in [0.15, 0.2) is 0 Å². The van der Waals surface area contributed by atoms with Gasteiger partial charge in [-0.15, -0.1) is 0 Å². The summed E-state index contributed by atoms with van der Waals surface area (Å²) in [6.45, 7) is 6.16. The maximum Gasteiger partial charge on any atom is 0.216 e. The topological polar surface area (TPSA) is 58.2 Å². The molecule has 0 aromatic carbocycles. The Kier molecular flexibility index (Phi) is 18.9. The van der Waals surface area contributed by atoms with E-state index in [0.29, 0.717) is 6.54 Å². The van der Waals surface area contributed by atoms with Crippen molar-refractivity contribution in [1.29, 1.82) is 0 Å². The summed E-state index contributed by atoms with van der Waals surface area (Å²) in [5, 5.41) is 5.29. The fraction of sp³-hybridized carbons (Fsp3) is 0.778. The van der Waals surface area contributed by atoms with E-state index in [0.717, 1.165) is 6.54 Å². The first kappa shape index (κ1) is 18.0. The zero-order valence-electron chi connectivity index (χ0n) is 8.23. The second kappa shape index (κ2) is 13.7. The minimum absolute atomic E-state index is 0. The standard InChI is InChI=1S/2C4H9NO.CH4/c1-4(6)3-5-2;1-3-5-4(2)6;/h5H,3H2,1-2H3;3H2,1-2H3,(H,5,6);1H4. The van der Waals surface area contributed by atoms with Crippen molar-refractivity contribution in [3.05, 3.63) is 0 Å². The van der Waals surface area contributed by atoms with Crippen LogP contribution in [0.5, 0.6) is 0 Å². The van der Waals surface area contributed by atoms with Gasteiger partial charge in [-0.3, -0.25) is 9.59 Å². The minimum atomic E-state index is 0.